The van der Waals surface area contributed by atoms with E-state index in [9.17, 15) is 0 Å². The Kier molecular flexibility index (Phi) is 3.46. The van der Waals surface area contributed by atoms with Crippen molar-refractivity contribution in [3.63, 3.8) is 0 Å². The lowest BCUT2D eigenvalue weighted by Gasteiger charge is -2.27. The summed E-state index contributed by atoms with van der Waals surface area (Å²) in [7, 11) is 0. The molecule has 0 atom stereocenters. The standard InChI is InChI=1S/C17H19N5O/c1-11-12(2)19-17(22-6-8-23-9-7-22)20-16(11)13-4-3-5-15-14(13)10-18-21-15/h3-5,10H,6-9H2,1-2H3,(H,18,21). The van der Waals surface area contributed by atoms with Crippen LogP contribution in [0.25, 0.3) is 22.2 Å². The van der Waals surface area contributed by atoms with Crippen LogP contribution >= 0.6 is 0 Å². The molecule has 1 fully saturated rings. The molecule has 1 N–H and O–H groups in total. The van der Waals surface area contributed by atoms with Crippen molar-refractivity contribution in [2.24, 2.45) is 0 Å². The zero-order chi connectivity index (χ0) is 15.8. The average molecular weight is 309 g/mol. The summed E-state index contributed by atoms with van der Waals surface area (Å²) in [5.41, 5.74) is 5.21. The van der Waals surface area contributed by atoms with Gasteiger partial charge in [0.1, 0.15) is 0 Å². The molecule has 2 aromatic heterocycles. The number of nitrogens with zero attached hydrogens (tertiary/aromatic N) is 4. The summed E-state index contributed by atoms with van der Waals surface area (Å²) in [4.78, 5) is 11.7. The van der Waals surface area contributed by atoms with E-state index in [1.807, 2.05) is 25.3 Å². The number of aromatic amines is 1. The maximum absolute atomic E-state index is 5.43. The zero-order valence-corrected chi connectivity index (χ0v) is 13.3. The maximum Gasteiger partial charge on any atom is 0.226 e. The maximum atomic E-state index is 5.43. The molecule has 6 heteroatoms. The van der Waals surface area contributed by atoms with Gasteiger partial charge in [-0.1, -0.05) is 12.1 Å². The van der Waals surface area contributed by atoms with Gasteiger partial charge in [-0.05, 0) is 25.5 Å². The van der Waals surface area contributed by atoms with Crippen LogP contribution in [0.3, 0.4) is 0 Å². The number of aryl methyl sites for hydroxylation is 1. The number of fused-ring (bicyclic) bond motifs is 1. The first-order valence-electron chi connectivity index (χ1n) is 7.84. The molecule has 3 aromatic rings. The van der Waals surface area contributed by atoms with E-state index in [2.05, 4.69) is 33.1 Å². The van der Waals surface area contributed by atoms with Gasteiger partial charge < -0.3 is 9.64 Å². The third kappa shape index (κ3) is 2.45. The van der Waals surface area contributed by atoms with Gasteiger partial charge in [-0.3, -0.25) is 5.10 Å². The lowest BCUT2D eigenvalue weighted by atomic mass is 10.0. The fraction of sp³-hybridized carbons (Fsp3) is 0.353. The fourth-order valence-corrected chi connectivity index (χ4v) is 2.96. The Morgan fingerprint density at radius 1 is 1.13 bits per heavy atom. The summed E-state index contributed by atoms with van der Waals surface area (Å²) in [6.07, 6.45) is 1.86. The van der Waals surface area contributed by atoms with Gasteiger partial charge in [0.15, 0.2) is 0 Å². The molecule has 6 nitrogen and oxygen atoms in total. The van der Waals surface area contributed by atoms with Crippen molar-refractivity contribution in [3.8, 4) is 11.3 Å². The number of rotatable bonds is 2. The molecular weight excluding hydrogens is 290 g/mol. The highest BCUT2D eigenvalue weighted by atomic mass is 16.5. The first kappa shape index (κ1) is 14.1. The Bertz CT molecular complexity index is 851. The Morgan fingerprint density at radius 3 is 2.78 bits per heavy atom. The molecule has 0 spiro atoms. The van der Waals surface area contributed by atoms with E-state index in [1.54, 1.807) is 0 Å². The number of morpholine rings is 1. The van der Waals surface area contributed by atoms with Gasteiger partial charge in [-0.25, -0.2) is 9.97 Å². The minimum Gasteiger partial charge on any atom is -0.378 e. The van der Waals surface area contributed by atoms with Crippen molar-refractivity contribution in [1.82, 2.24) is 20.2 Å². The summed E-state index contributed by atoms with van der Waals surface area (Å²) in [6, 6.07) is 6.15. The van der Waals surface area contributed by atoms with Crippen molar-refractivity contribution in [3.05, 3.63) is 35.7 Å². The number of hydrogen-bond acceptors (Lipinski definition) is 5. The van der Waals surface area contributed by atoms with E-state index in [1.165, 1.54) is 0 Å². The number of benzene rings is 1. The van der Waals surface area contributed by atoms with Gasteiger partial charge >= 0.3 is 0 Å². The normalized spacial score (nSPS) is 15.3. The van der Waals surface area contributed by atoms with Gasteiger partial charge in [0.2, 0.25) is 5.95 Å². The van der Waals surface area contributed by atoms with Gasteiger partial charge in [0.25, 0.3) is 0 Å². The van der Waals surface area contributed by atoms with Crippen molar-refractivity contribution in [2.45, 2.75) is 13.8 Å². The largest absolute Gasteiger partial charge is 0.378 e. The average Bonchev–Trinajstić information content (AvgIpc) is 3.07. The summed E-state index contributed by atoms with van der Waals surface area (Å²) < 4.78 is 5.43. The number of nitrogens with one attached hydrogen (secondary N) is 1. The molecule has 1 aliphatic heterocycles. The smallest absolute Gasteiger partial charge is 0.226 e. The minimum absolute atomic E-state index is 0.725. The zero-order valence-electron chi connectivity index (χ0n) is 13.3. The van der Waals surface area contributed by atoms with Crippen LogP contribution in [0.2, 0.25) is 0 Å². The van der Waals surface area contributed by atoms with E-state index < -0.39 is 0 Å². The molecule has 3 heterocycles. The van der Waals surface area contributed by atoms with Crippen LogP contribution in [-0.2, 0) is 4.74 Å². The van der Waals surface area contributed by atoms with E-state index in [4.69, 9.17) is 9.72 Å². The quantitative estimate of drug-likeness (QED) is 0.787. The van der Waals surface area contributed by atoms with Crippen LogP contribution in [0.15, 0.2) is 24.4 Å². The third-order valence-electron chi connectivity index (χ3n) is 4.41. The molecule has 118 valence electrons. The number of ether oxygens (including phenoxy) is 1. The Morgan fingerprint density at radius 2 is 1.96 bits per heavy atom. The van der Waals surface area contributed by atoms with Crippen LogP contribution < -0.4 is 4.90 Å². The van der Waals surface area contributed by atoms with Crippen LogP contribution in [0, 0.1) is 13.8 Å². The molecular formula is C17H19N5O. The summed E-state index contributed by atoms with van der Waals surface area (Å²) in [5, 5.41) is 8.26. The second-order valence-electron chi connectivity index (χ2n) is 5.82. The molecule has 4 rings (SSSR count). The molecule has 0 bridgehead atoms. The number of aromatic nitrogens is 4. The van der Waals surface area contributed by atoms with Crippen molar-refractivity contribution in [2.75, 3.05) is 31.2 Å². The Balaban J connectivity index is 1.87. The lowest BCUT2D eigenvalue weighted by molar-refractivity contribution is 0.122. The molecule has 0 unspecified atom stereocenters. The van der Waals surface area contributed by atoms with Gasteiger partial charge in [-0.2, -0.15) is 5.10 Å². The first-order chi connectivity index (χ1) is 11.2. The second kappa shape index (κ2) is 5.62. The van der Waals surface area contributed by atoms with Crippen LogP contribution in [0.1, 0.15) is 11.3 Å². The van der Waals surface area contributed by atoms with E-state index in [0.717, 1.165) is 65.7 Å². The molecule has 23 heavy (non-hydrogen) atoms. The molecule has 1 aromatic carbocycles. The molecule has 0 saturated carbocycles. The summed E-state index contributed by atoms with van der Waals surface area (Å²) in [5.74, 6) is 0.784. The van der Waals surface area contributed by atoms with Crippen LogP contribution in [0.4, 0.5) is 5.95 Å². The van der Waals surface area contributed by atoms with Crippen LogP contribution in [0.5, 0.6) is 0 Å². The van der Waals surface area contributed by atoms with Crippen molar-refractivity contribution in [1.29, 1.82) is 0 Å². The predicted octanol–water partition coefficient (Wildman–Crippen LogP) is 2.47. The Hall–Kier alpha value is -2.47. The fourth-order valence-electron chi connectivity index (χ4n) is 2.96. The van der Waals surface area contributed by atoms with Gasteiger partial charge in [-0.15, -0.1) is 0 Å². The van der Waals surface area contributed by atoms with Crippen molar-refractivity contribution < 1.29 is 4.74 Å². The summed E-state index contributed by atoms with van der Waals surface area (Å²) >= 11 is 0. The topological polar surface area (TPSA) is 66.9 Å². The molecule has 1 aliphatic rings. The highest BCUT2D eigenvalue weighted by molar-refractivity contribution is 5.94. The SMILES string of the molecule is Cc1nc(N2CCOCC2)nc(-c2cccc3[nH]ncc23)c1C. The number of H-pyrrole nitrogens is 1. The number of hydrogen-bond donors (Lipinski definition) is 1. The van der Waals surface area contributed by atoms with Crippen molar-refractivity contribution >= 4 is 16.9 Å². The predicted molar refractivity (Wildman–Crippen MR) is 89.6 cm³/mol. The van der Waals surface area contributed by atoms with Crippen LogP contribution in [-0.4, -0.2) is 46.5 Å². The first-order valence-corrected chi connectivity index (χ1v) is 7.84. The Labute approximate surface area is 134 Å². The molecule has 0 aliphatic carbocycles. The summed E-state index contributed by atoms with van der Waals surface area (Å²) in [6.45, 7) is 7.23. The second-order valence-corrected chi connectivity index (χ2v) is 5.82. The highest BCUT2D eigenvalue weighted by Gasteiger charge is 2.18. The van der Waals surface area contributed by atoms with Gasteiger partial charge in [0.05, 0.1) is 30.6 Å². The monoisotopic (exact) mass is 309 g/mol. The molecule has 0 amide bonds. The third-order valence-corrected chi connectivity index (χ3v) is 4.41. The number of anilines is 1. The van der Waals surface area contributed by atoms with E-state index >= 15 is 0 Å². The highest BCUT2D eigenvalue weighted by Crippen LogP contribution is 2.30. The lowest BCUT2D eigenvalue weighted by Crippen LogP contribution is -2.37. The minimum atomic E-state index is 0.725. The van der Waals surface area contributed by atoms with E-state index in [0.29, 0.717) is 0 Å². The molecule has 1 saturated heterocycles. The van der Waals surface area contributed by atoms with Gasteiger partial charge in [0, 0.05) is 29.7 Å². The molecule has 0 radical (unpaired) electrons. The van der Waals surface area contributed by atoms with E-state index in [-0.39, 0.29) is 0 Å².